The Bertz CT molecular complexity index is 853. The first-order chi connectivity index (χ1) is 12.8. The average Bonchev–Trinajstić information content (AvgIpc) is 3.06. The Labute approximate surface area is 156 Å². The van der Waals surface area contributed by atoms with Crippen molar-refractivity contribution in [2.45, 2.75) is 32.4 Å². The predicted octanol–water partition coefficient (Wildman–Crippen LogP) is 1.01. The van der Waals surface area contributed by atoms with Gasteiger partial charge in [-0.2, -0.15) is 5.26 Å². The summed E-state index contributed by atoms with van der Waals surface area (Å²) in [6, 6.07) is 4.23. The Kier molecular flexibility index (Phi) is 6.15. The number of likely N-dealkylation sites (tertiary alicyclic amines) is 1. The lowest BCUT2D eigenvalue weighted by Gasteiger charge is -2.23. The molecular formula is C19H19FN4O3. The molecule has 8 heteroatoms. The lowest BCUT2D eigenvalue weighted by Crippen LogP contribution is -2.48. The SMILES string of the molecule is C#C[C@H]1C(C(=O)Nc2ccc(F)c(C#N)c2)CCN1C(=O)C(=O)NC(C)C. The molecule has 1 aliphatic heterocycles. The molecule has 0 saturated carbocycles. The summed E-state index contributed by atoms with van der Waals surface area (Å²) in [6.07, 6.45) is 5.79. The number of anilines is 1. The van der Waals surface area contributed by atoms with E-state index >= 15 is 0 Å². The van der Waals surface area contributed by atoms with Crippen LogP contribution in [0.5, 0.6) is 0 Å². The van der Waals surface area contributed by atoms with Gasteiger partial charge in [0.1, 0.15) is 17.9 Å². The lowest BCUT2D eigenvalue weighted by molar-refractivity contribution is -0.146. The van der Waals surface area contributed by atoms with Crippen LogP contribution >= 0.6 is 0 Å². The third-order valence-electron chi connectivity index (χ3n) is 4.13. The summed E-state index contributed by atoms with van der Waals surface area (Å²) in [4.78, 5) is 38.0. The molecule has 1 aliphatic rings. The first-order valence-electron chi connectivity index (χ1n) is 8.36. The second kappa shape index (κ2) is 8.33. The Morgan fingerprint density at radius 3 is 2.67 bits per heavy atom. The van der Waals surface area contributed by atoms with Gasteiger partial charge in [0.25, 0.3) is 0 Å². The van der Waals surface area contributed by atoms with Crippen LogP contribution in [0, 0.1) is 35.4 Å². The number of nitrogens with zero attached hydrogens (tertiary/aromatic N) is 2. The fraction of sp³-hybridized carbons (Fsp3) is 0.368. The van der Waals surface area contributed by atoms with Gasteiger partial charge in [0, 0.05) is 18.3 Å². The molecule has 27 heavy (non-hydrogen) atoms. The molecule has 7 nitrogen and oxygen atoms in total. The summed E-state index contributed by atoms with van der Waals surface area (Å²) in [6.45, 7) is 3.62. The van der Waals surface area contributed by atoms with Crippen molar-refractivity contribution in [3.05, 3.63) is 29.6 Å². The van der Waals surface area contributed by atoms with Gasteiger partial charge in [0.05, 0.1) is 11.5 Å². The van der Waals surface area contributed by atoms with Crippen molar-refractivity contribution >= 4 is 23.4 Å². The molecule has 0 spiro atoms. The fourth-order valence-electron chi connectivity index (χ4n) is 2.88. The number of terminal acetylenes is 1. The quantitative estimate of drug-likeness (QED) is 0.612. The highest BCUT2D eigenvalue weighted by Gasteiger charge is 2.42. The summed E-state index contributed by atoms with van der Waals surface area (Å²) in [5.41, 5.74) is 0.0472. The maximum Gasteiger partial charge on any atom is 0.312 e. The number of halogens is 1. The Hall–Kier alpha value is -3.39. The highest BCUT2D eigenvalue weighted by Crippen LogP contribution is 2.26. The minimum atomic E-state index is -0.869. The Balaban J connectivity index is 2.12. The molecule has 1 unspecified atom stereocenters. The second-order valence-corrected chi connectivity index (χ2v) is 6.43. The molecule has 2 rings (SSSR count). The maximum atomic E-state index is 13.4. The largest absolute Gasteiger partial charge is 0.346 e. The molecule has 3 amide bonds. The fourth-order valence-corrected chi connectivity index (χ4v) is 2.88. The van der Waals surface area contributed by atoms with Gasteiger partial charge in [-0.3, -0.25) is 14.4 Å². The Morgan fingerprint density at radius 2 is 2.07 bits per heavy atom. The van der Waals surface area contributed by atoms with Crippen molar-refractivity contribution in [2.75, 3.05) is 11.9 Å². The third kappa shape index (κ3) is 4.42. The van der Waals surface area contributed by atoms with E-state index in [9.17, 15) is 18.8 Å². The minimum absolute atomic E-state index is 0.171. The number of nitrogens with one attached hydrogen (secondary N) is 2. The molecule has 1 aromatic carbocycles. The molecule has 140 valence electrons. The maximum absolute atomic E-state index is 13.4. The van der Waals surface area contributed by atoms with Gasteiger partial charge in [-0.15, -0.1) is 6.42 Å². The van der Waals surface area contributed by atoms with Gasteiger partial charge in [-0.25, -0.2) is 4.39 Å². The molecule has 0 bridgehead atoms. The molecule has 2 N–H and O–H groups in total. The zero-order chi connectivity index (χ0) is 20.1. The molecule has 1 saturated heterocycles. The van der Waals surface area contributed by atoms with Crippen LogP contribution in [0.2, 0.25) is 0 Å². The van der Waals surface area contributed by atoms with E-state index in [0.29, 0.717) is 0 Å². The average molecular weight is 370 g/mol. The minimum Gasteiger partial charge on any atom is -0.346 e. The molecule has 0 radical (unpaired) electrons. The number of amides is 3. The second-order valence-electron chi connectivity index (χ2n) is 6.43. The molecule has 0 aliphatic carbocycles. The van der Waals surface area contributed by atoms with Crippen LogP contribution in [0.3, 0.4) is 0 Å². The molecule has 1 aromatic rings. The van der Waals surface area contributed by atoms with Gasteiger partial charge in [-0.1, -0.05) is 5.92 Å². The lowest BCUT2D eigenvalue weighted by atomic mass is 9.99. The van der Waals surface area contributed by atoms with Gasteiger partial charge < -0.3 is 15.5 Å². The van der Waals surface area contributed by atoms with E-state index in [1.165, 1.54) is 17.0 Å². The first kappa shape index (κ1) is 19.9. The van der Waals surface area contributed by atoms with Crippen LogP contribution in [0.15, 0.2) is 18.2 Å². The normalized spacial score (nSPS) is 18.5. The van der Waals surface area contributed by atoms with Crippen molar-refractivity contribution in [2.24, 2.45) is 5.92 Å². The van der Waals surface area contributed by atoms with E-state index < -0.39 is 35.5 Å². The van der Waals surface area contributed by atoms with Crippen molar-refractivity contribution in [1.29, 1.82) is 5.26 Å². The molecule has 0 aromatic heterocycles. The first-order valence-corrected chi connectivity index (χ1v) is 8.36. The van der Waals surface area contributed by atoms with E-state index in [1.54, 1.807) is 19.9 Å². The number of nitriles is 1. The van der Waals surface area contributed by atoms with Crippen LogP contribution in [-0.2, 0) is 14.4 Å². The summed E-state index contributed by atoms with van der Waals surface area (Å²) in [5.74, 6) is -1.03. The smallest absolute Gasteiger partial charge is 0.312 e. The van der Waals surface area contributed by atoms with Crippen molar-refractivity contribution in [3.8, 4) is 18.4 Å². The zero-order valence-electron chi connectivity index (χ0n) is 15.0. The van der Waals surface area contributed by atoms with Crippen LogP contribution in [0.1, 0.15) is 25.8 Å². The number of benzene rings is 1. The van der Waals surface area contributed by atoms with Gasteiger partial charge in [0.15, 0.2) is 0 Å². The molecular weight excluding hydrogens is 351 g/mol. The summed E-state index contributed by atoms with van der Waals surface area (Å²) in [5, 5.41) is 13.9. The van der Waals surface area contributed by atoms with Crippen LogP contribution < -0.4 is 10.6 Å². The summed E-state index contributed by atoms with van der Waals surface area (Å²) < 4.78 is 13.4. The van der Waals surface area contributed by atoms with Crippen molar-refractivity contribution in [1.82, 2.24) is 10.2 Å². The molecule has 1 fully saturated rings. The predicted molar refractivity (Wildman–Crippen MR) is 95.5 cm³/mol. The zero-order valence-corrected chi connectivity index (χ0v) is 15.0. The van der Waals surface area contributed by atoms with E-state index in [0.717, 1.165) is 6.07 Å². The third-order valence-corrected chi connectivity index (χ3v) is 4.13. The highest BCUT2D eigenvalue weighted by molar-refractivity contribution is 6.35. The highest BCUT2D eigenvalue weighted by atomic mass is 19.1. The molecule has 1 heterocycles. The Morgan fingerprint density at radius 1 is 1.37 bits per heavy atom. The van der Waals surface area contributed by atoms with E-state index in [1.807, 2.05) is 0 Å². The van der Waals surface area contributed by atoms with Crippen LogP contribution in [0.4, 0.5) is 10.1 Å². The summed E-state index contributed by atoms with van der Waals surface area (Å²) >= 11 is 0. The van der Waals surface area contributed by atoms with Gasteiger partial charge in [0.2, 0.25) is 5.91 Å². The number of carbonyl (C=O) groups is 3. The topological polar surface area (TPSA) is 102 Å². The summed E-state index contributed by atoms with van der Waals surface area (Å²) in [7, 11) is 0. The van der Waals surface area contributed by atoms with Crippen LogP contribution in [-0.4, -0.2) is 41.2 Å². The monoisotopic (exact) mass is 370 g/mol. The molecule has 2 atom stereocenters. The number of carbonyl (C=O) groups excluding carboxylic acids is 3. The van der Waals surface area contributed by atoms with E-state index in [2.05, 4.69) is 16.6 Å². The number of rotatable bonds is 3. The van der Waals surface area contributed by atoms with E-state index in [-0.39, 0.29) is 30.3 Å². The number of hydrogen-bond acceptors (Lipinski definition) is 4. The van der Waals surface area contributed by atoms with Crippen molar-refractivity contribution < 1.29 is 18.8 Å². The standard InChI is InChI=1S/C19H19FN4O3/c1-4-16-14(7-8-24(16)19(27)18(26)22-11(2)3)17(25)23-13-5-6-15(20)12(9-13)10-21/h1,5-6,9,11,14,16H,7-8H2,2-3H3,(H,22,26)(H,23,25)/t14?,16-/m0/s1. The van der Waals surface area contributed by atoms with E-state index in [4.69, 9.17) is 11.7 Å². The van der Waals surface area contributed by atoms with Crippen LogP contribution in [0.25, 0.3) is 0 Å². The van der Waals surface area contributed by atoms with Crippen molar-refractivity contribution in [3.63, 3.8) is 0 Å². The van der Waals surface area contributed by atoms with Gasteiger partial charge in [-0.05, 0) is 38.5 Å². The number of hydrogen-bond donors (Lipinski definition) is 2. The van der Waals surface area contributed by atoms with Gasteiger partial charge >= 0.3 is 11.8 Å².